The van der Waals surface area contributed by atoms with E-state index >= 15 is 0 Å². The number of nitrogens with zero attached hydrogens (tertiary/aromatic N) is 1. The van der Waals surface area contributed by atoms with Crippen LogP contribution in [-0.4, -0.2) is 54.7 Å². The summed E-state index contributed by atoms with van der Waals surface area (Å²) in [7, 11) is 3.10. The smallest absolute Gasteiger partial charge is 0.336 e. The van der Waals surface area contributed by atoms with Crippen molar-refractivity contribution in [2.45, 2.75) is 38.3 Å². The van der Waals surface area contributed by atoms with E-state index in [2.05, 4.69) is 10.6 Å². The monoisotopic (exact) mass is 511 g/mol. The molecule has 0 bridgehead atoms. The molecule has 2 atom stereocenters. The van der Waals surface area contributed by atoms with Crippen molar-refractivity contribution in [2.24, 2.45) is 0 Å². The van der Waals surface area contributed by atoms with Crippen molar-refractivity contribution in [3.05, 3.63) is 93.8 Å². The van der Waals surface area contributed by atoms with Crippen molar-refractivity contribution in [3.63, 3.8) is 0 Å². The number of hydrogen-bond acceptors (Lipinski definition) is 6. The van der Waals surface area contributed by atoms with Crippen molar-refractivity contribution in [2.75, 3.05) is 27.2 Å². The molecule has 2 aromatic rings. The maximum Gasteiger partial charge on any atom is 0.336 e. The van der Waals surface area contributed by atoms with Gasteiger partial charge in [-0.3, -0.25) is 4.79 Å². The average molecular weight is 512 g/mol. The number of aliphatic hydroxyl groups is 1. The second kappa shape index (κ2) is 11.7. The summed E-state index contributed by atoms with van der Waals surface area (Å²) in [6, 6.07) is 16.6. The first kappa shape index (κ1) is 27.5. The molecule has 0 saturated carbocycles. The number of nitrogens with one attached hydrogen (secondary N) is 2. The van der Waals surface area contributed by atoms with Gasteiger partial charge in [-0.05, 0) is 38.0 Å². The lowest BCUT2D eigenvalue weighted by molar-refractivity contribution is -0.136. The van der Waals surface area contributed by atoms with E-state index in [0.717, 1.165) is 5.56 Å². The van der Waals surface area contributed by atoms with Crippen molar-refractivity contribution in [1.82, 2.24) is 15.5 Å². The molecule has 2 unspecified atom stereocenters. The minimum absolute atomic E-state index is 0.292. The molecule has 1 aliphatic heterocycles. The highest BCUT2D eigenvalue weighted by Crippen LogP contribution is 2.41. The van der Waals surface area contributed by atoms with Gasteiger partial charge in [-0.25, -0.2) is 4.79 Å². The zero-order chi connectivity index (χ0) is 26.5. The van der Waals surface area contributed by atoms with Crippen LogP contribution in [0, 0.1) is 0 Å². The molecular formula is C28H34ClN3O4. The van der Waals surface area contributed by atoms with E-state index < -0.39 is 23.5 Å². The van der Waals surface area contributed by atoms with Gasteiger partial charge in [-0.2, -0.15) is 0 Å². The molecule has 1 heterocycles. The van der Waals surface area contributed by atoms with Gasteiger partial charge < -0.3 is 25.4 Å². The normalized spacial score (nSPS) is 16.9. The first-order chi connectivity index (χ1) is 17.1. The zero-order valence-corrected chi connectivity index (χ0v) is 22.1. The molecule has 3 rings (SSSR count). The molecule has 0 aromatic heterocycles. The van der Waals surface area contributed by atoms with Gasteiger partial charge in [0.25, 0.3) is 0 Å². The van der Waals surface area contributed by atoms with Crippen LogP contribution in [0.1, 0.15) is 43.9 Å². The Labute approximate surface area is 217 Å². The van der Waals surface area contributed by atoms with Crippen LogP contribution in [0.25, 0.3) is 0 Å². The van der Waals surface area contributed by atoms with Crippen LogP contribution >= 0.6 is 11.6 Å². The molecule has 0 fully saturated rings. The number of benzene rings is 2. The lowest BCUT2D eigenvalue weighted by Crippen LogP contribution is -2.50. The Hall–Kier alpha value is -3.13. The van der Waals surface area contributed by atoms with Gasteiger partial charge in [0.15, 0.2) is 0 Å². The number of rotatable bonds is 9. The van der Waals surface area contributed by atoms with E-state index in [9.17, 15) is 14.7 Å². The second-order valence-electron chi connectivity index (χ2n) is 9.51. The minimum atomic E-state index is -0.682. The number of carbonyl (C=O) groups is 2. The maximum atomic E-state index is 13.5. The third-order valence-electron chi connectivity index (χ3n) is 6.38. The Balaban J connectivity index is 1.79. The molecule has 0 saturated heterocycles. The molecule has 192 valence electrons. The number of aliphatic hydroxyl groups excluding tert-OH is 1. The Morgan fingerprint density at radius 3 is 2.42 bits per heavy atom. The largest absolute Gasteiger partial charge is 0.466 e. The van der Waals surface area contributed by atoms with E-state index in [1.807, 2.05) is 63.2 Å². The Morgan fingerprint density at radius 2 is 1.78 bits per heavy atom. The Morgan fingerprint density at radius 1 is 1.14 bits per heavy atom. The fourth-order valence-corrected chi connectivity index (χ4v) is 4.41. The first-order valence-electron chi connectivity index (χ1n) is 11.8. The molecule has 0 radical (unpaired) electrons. The maximum absolute atomic E-state index is 13.5. The third kappa shape index (κ3) is 6.35. The van der Waals surface area contributed by atoms with Crippen LogP contribution in [0.15, 0.2) is 77.6 Å². The molecule has 1 amide bonds. The minimum Gasteiger partial charge on any atom is -0.466 e. The van der Waals surface area contributed by atoms with Crippen LogP contribution in [0.2, 0.25) is 5.02 Å². The summed E-state index contributed by atoms with van der Waals surface area (Å²) >= 11 is 6.51. The lowest BCUT2D eigenvalue weighted by Gasteiger charge is -2.33. The van der Waals surface area contributed by atoms with Crippen molar-refractivity contribution >= 4 is 23.5 Å². The number of hydrogen-bond donors (Lipinski definition) is 3. The molecule has 0 spiro atoms. The van der Waals surface area contributed by atoms with E-state index in [0.29, 0.717) is 40.5 Å². The standard InChI is InChI=1S/C28H34ClN3O4/c1-18-24(27(35)36-5)25(20-13-9-10-14-22(20)29)21(16-32(18)4)26(34)30-17-28(2,3)31-15-23(33)19-11-7-6-8-12-19/h6-14,16,23,25,31,33H,15,17H2,1-5H3,(H,30,34). The topological polar surface area (TPSA) is 90.9 Å². The summed E-state index contributed by atoms with van der Waals surface area (Å²) in [6.07, 6.45) is 1.06. The van der Waals surface area contributed by atoms with Crippen molar-refractivity contribution in [3.8, 4) is 0 Å². The van der Waals surface area contributed by atoms with Gasteiger partial charge in [-0.15, -0.1) is 0 Å². The van der Waals surface area contributed by atoms with Crippen molar-refractivity contribution < 1.29 is 19.4 Å². The molecule has 36 heavy (non-hydrogen) atoms. The number of halogens is 1. The van der Waals surface area contributed by atoms with E-state index in [1.54, 1.807) is 30.3 Å². The highest BCUT2D eigenvalue weighted by atomic mass is 35.5. The predicted octanol–water partition coefficient (Wildman–Crippen LogP) is 3.92. The van der Waals surface area contributed by atoms with Gasteiger partial charge in [-0.1, -0.05) is 60.1 Å². The fraction of sp³-hybridized carbons (Fsp3) is 0.357. The average Bonchev–Trinajstić information content (AvgIpc) is 2.87. The summed E-state index contributed by atoms with van der Waals surface area (Å²) in [4.78, 5) is 28.1. The van der Waals surface area contributed by atoms with Crippen LogP contribution in [0.4, 0.5) is 0 Å². The zero-order valence-electron chi connectivity index (χ0n) is 21.3. The molecule has 1 aliphatic rings. The predicted molar refractivity (Wildman–Crippen MR) is 141 cm³/mol. The quantitative estimate of drug-likeness (QED) is 0.442. The van der Waals surface area contributed by atoms with Gasteiger partial charge in [0.05, 0.1) is 24.7 Å². The van der Waals surface area contributed by atoms with E-state index in [1.165, 1.54) is 7.11 Å². The first-order valence-corrected chi connectivity index (χ1v) is 12.2. The number of amides is 1. The summed E-state index contributed by atoms with van der Waals surface area (Å²) < 4.78 is 5.07. The van der Waals surface area contributed by atoms with Gasteiger partial charge in [0.1, 0.15) is 0 Å². The number of allylic oxidation sites excluding steroid dienone is 1. The van der Waals surface area contributed by atoms with Crippen LogP contribution in [-0.2, 0) is 14.3 Å². The molecular weight excluding hydrogens is 478 g/mol. The summed E-state index contributed by atoms with van der Waals surface area (Å²) in [5, 5.41) is 17.3. The van der Waals surface area contributed by atoms with E-state index in [-0.39, 0.29) is 5.91 Å². The van der Waals surface area contributed by atoms with Gasteiger partial charge in [0.2, 0.25) is 5.91 Å². The molecule has 7 nitrogen and oxygen atoms in total. The van der Waals surface area contributed by atoms with Crippen molar-refractivity contribution in [1.29, 1.82) is 0 Å². The number of methoxy groups -OCH3 is 1. The number of carbonyl (C=O) groups excluding carboxylic acids is 2. The molecule has 8 heteroatoms. The van der Waals surface area contributed by atoms with E-state index in [4.69, 9.17) is 16.3 Å². The Bertz CT molecular complexity index is 1160. The van der Waals surface area contributed by atoms with Gasteiger partial charge >= 0.3 is 5.97 Å². The summed E-state index contributed by atoms with van der Waals surface area (Å²) in [5.41, 5.74) is 2.39. The number of ether oxygens (including phenoxy) is 1. The van der Waals surface area contributed by atoms with Crippen LogP contribution in [0.3, 0.4) is 0 Å². The molecule has 3 N–H and O–H groups in total. The number of esters is 1. The summed E-state index contributed by atoms with van der Waals surface area (Å²) in [6.45, 7) is 6.32. The van der Waals surface area contributed by atoms with Crippen LogP contribution < -0.4 is 10.6 Å². The lowest BCUT2D eigenvalue weighted by atomic mass is 9.81. The highest BCUT2D eigenvalue weighted by Gasteiger charge is 2.37. The third-order valence-corrected chi connectivity index (χ3v) is 6.73. The van der Waals surface area contributed by atoms with Gasteiger partial charge in [0, 0.05) is 48.2 Å². The SMILES string of the molecule is COC(=O)C1=C(C)N(C)C=C(C(=O)NCC(C)(C)NCC(O)c2ccccc2)C1c1ccccc1Cl. The number of β-amino-alcohol motifs (C(OH)–C–C–N with tert-alkyl or cyclic N) is 1. The Kier molecular flexibility index (Phi) is 8.95. The second-order valence-corrected chi connectivity index (χ2v) is 9.92. The highest BCUT2D eigenvalue weighted by molar-refractivity contribution is 6.31. The molecule has 2 aromatic carbocycles. The fourth-order valence-electron chi connectivity index (χ4n) is 4.16. The summed E-state index contributed by atoms with van der Waals surface area (Å²) in [5.74, 6) is -1.52. The van der Waals surface area contributed by atoms with Crippen LogP contribution in [0.5, 0.6) is 0 Å². The molecule has 0 aliphatic carbocycles.